The van der Waals surface area contributed by atoms with Gasteiger partial charge in [0.25, 0.3) is 0 Å². The van der Waals surface area contributed by atoms with Gasteiger partial charge in [-0.05, 0) is 41.3 Å². The highest BCUT2D eigenvalue weighted by atomic mass is 19.2. The second-order valence-corrected chi connectivity index (χ2v) is 7.25. The highest BCUT2D eigenvalue weighted by molar-refractivity contribution is 5.92. The third-order valence-electron chi connectivity index (χ3n) is 5.00. The minimum absolute atomic E-state index is 0.0220. The van der Waals surface area contributed by atoms with Crippen molar-refractivity contribution in [2.45, 2.75) is 64.5 Å². The van der Waals surface area contributed by atoms with E-state index >= 15 is 0 Å². The Morgan fingerprint density at radius 1 is 1.00 bits per heavy atom. The molecule has 0 heterocycles. The van der Waals surface area contributed by atoms with E-state index in [1.807, 2.05) is 0 Å². The molecule has 1 N–H and O–H groups in total. The molecule has 0 fully saturated rings. The van der Waals surface area contributed by atoms with Crippen LogP contribution in [-0.4, -0.2) is 17.2 Å². The van der Waals surface area contributed by atoms with Crippen molar-refractivity contribution < 1.29 is 27.5 Å². The zero-order valence-corrected chi connectivity index (χ0v) is 16.5. The first-order valence-electron chi connectivity index (χ1n) is 9.99. The molecule has 29 heavy (non-hydrogen) atoms. The zero-order valence-electron chi connectivity index (χ0n) is 16.5. The third kappa shape index (κ3) is 6.31. The molecule has 0 saturated heterocycles. The lowest BCUT2D eigenvalue weighted by atomic mass is 9.90. The van der Waals surface area contributed by atoms with Gasteiger partial charge >= 0.3 is 5.97 Å². The predicted octanol–water partition coefficient (Wildman–Crippen LogP) is 7.10. The molecule has 0 radical (unpaired) electrons. The first-order valence-corrected chi connectivity index (χ1v) is 9.99. The number of alkyl halides is 1. The van der Waals surface area contributed by atoms with Crippen molar-refractivity contribution in [3.8, 4) is 11.1 Å². The summed E-state index contributed by atoms with van der Waals surface area (Å²) in [6.45, 7) is 2.12. The van der Waals surface area contributed by atoms with Crippen LogP contribution in [0.25, 0.3) is 11.1 Å². The van der Waals surface area contributed by atoms with Gasteiger partial charge in [-0.25, -0.2) is 22.4 Å². The smallest absolute Gasteiger partial charge is 0.335 e. The molecule has 2 aromatic carbocycles. The van der Waals surface area contributed by atoms with Gasteiger partial charge in [0.1, 0.15) is 6.17 Å². The summed E-state index contributed by atoms with van der Waals surface area (Å²) in [5, 5.41) is 9.47. The number of benzene rings is 2. The van der Waals surface area contributed by atoms with Crippen molar-refractivity contribution in [1.29, 1.82) is 0 Å². The lowest BCUT2D eigenvalue weighted by Gasteiger charge is -2.16. The SMILES string of the molecule is CCCCCCCCC(F)Cc1c(C(=O)O)cccc1-c1cc(F)c(F)c(F)c1. The van der Waals surface area contributed by atoms with Crippen molar-refractivity contribution in [1.82, 2.24) is 0 Å². The number of aromatic carboxylic acids is 1. The number of hydrogen-bond acceptors (Lipinski definition) is 1. The fourth-order valence-corrected chi connectivity index (χ4v) is 3.46. The molecule has 0 saturated carbocycles. The molecule has 0 aliphatic rings. The Labute approximate surface area is 168 Å². The van der Waals surface area contributed by atoms with Crippen LogP contribution in [0, 0.1) is 17.5 Å². The van der Waals surface area contributed by atoms with Crippen molar-refractivity contribution in [3.05, 3.63) is 58.9 Å². The number of carboxylic acids is 1. The lowest BCUT2D eigenvalue weighted by Crippen LogP contribution is -2.11. The van der Waals surface area contributed by atoms with Crippen LogP contribution in [-0.2, 0) is 6.42 Å². The van der Waals surface area contributed by atoms with E-state index in [0.29, 0.717) is 6.42 Å². The van der Waals surface area contributed by atoms with Gasteiger partial charge in [0.15, 0.2) is 17.5 Å². The molecule has 0 aromatic heterocycles. The maximum Gasteiger partial charge on any atom is 0.335 e. The van der Waals surface area contributed by atoms with Gasteiger partial charge in [-0.15, -0.1) is 0 Å². The van der Waals surface area contributed by atoms with Crippen molar-refractivity contribution in [2.24, 2.45) is 0 Å². The molecule has 1 unspecified atom stereocenters. The van der Waals surface area contributed by atoms with Gasteiger partial charge in [0.05, 0.1) is 5.56 Å². The molecule has 1 atom stereocenters. The molecule has 0 amide bonds. The van der Waals surface area contributed by atoms with Crippen molar-refractivity contribution in [2.75, 3.05) is 0 Å². The van der Waals surface area contributed by atoms with E-state index in [1.165, 1.54) is 18.2 Å². The quantitative estimate of drug-likeness (QED) is 0.244. The number of carboxylic acid groups (broad SMARTS) is 1. The second kappa shape index (κ2) is 11.0. The van der Waals surface area contributed by atoms with Gasteiger partial charge in [0, 0.05) is 6.42 Å². The molecular weight excluding hydrogens is 384 g/mol. The summed E-state index contributed by atoms with van der Waals surface area (Å²) in [6.07, 6.45) is 4.84. The van der Waals surface area contributed by atoms with E-state index < -0.39 is 29.6 Å². The molecule has 6 heteroatoms. The highest BCUT2D eigenvalue weighted by Gasteiger charge is 2.21. The van der Waals surface area contributed by atoms with Crippen molar-refractivity contribution >= 4 is 5.97 Å². The second-order valence-electron chi connectivity index (χ2n) is 7.25. The first kappa shape index (κ1) is 22.9. The first-order chi connectivity index (χ1) is 13.8. The van der Waals surface area contributed by atoms with Gasteiger partial charge < -0.3 is 5.11 Å². The van der Waals surface area contributed by atoms with Gasteiger partial charge in [0.2, 0.25) is 0 Å². The molecule has 0 aliphatic carbocycles. The summed E-state index contributed by atoms with van der Waals surface area (Å²) in [4.78, 5) is 11.6. The molecule has 0 aliphatic heterocycles. The van der Waals surface area contributed by atoms with Crippen LogP contribution in [0.1, 0.15) is 67.8 Å². The van der Waals surface area contributed by atoms with E-state index in [-0.39, 0.29) is 35.1 Å². The number of unbranched alkanes of at least 4 members (excludes halogenated alkanes) is 5. The van der Waals surface area contributed by atoms with E-state index in [2.05, 4.69) is 6.92 Å². The Balaban J connectivity index is 2.23. The van der Waals surface area contributed by atoms with Gasteiger partial charge in [-0.1, -0.05) is 57.6 Å². The van der Waals surface area contributed by atoms with E-state index in [4.69, 9.17) is 0 Å². The minimum Gasteiger partial charge on any atom is -0.478 e. The standard InChI is InChI=1S/C23H26F4O2/c1-2-3-4-5-6-7-9-16(24)14-19-17(10-8-11-18(19)23(28)29)15-12-20(25)22(27)21(26)13-15/h8,10-13,16H,2-7,9,14H2,1H3,(H,28,29). The van der Waals surface area contributed by atoms with E-state index in [9.17, 15) is 27.5 Å². The monoisotopic (exact) mass is 410 g/mol. The van der Waals surface area contributed by atoms with Crippen LogP contribution in [0.5, 0.6) is 0 Å². The number of halogens is 4. The molecule has 0 bridgehead atoms. The lowest BCUT2D eigenvalue weighted by molar-refractivity contribution is 0.0695. The van der Waals surface area contributed by atoms with Crippen LogP contribution in [0.15, 0.2) is 30.3 Å². The maximum atomic E-state index is 14.6. The minimum atomic E-state index is -1.60. The fourth-order valence-electron chi connectivity index (χ4n) is 3.46. The zero-order chi connectivity index (χ0) is 21.4. The van der Waals surface area contributed by atoms with Gasteiger partial charge in [-0.2, -0.15) is 0 Å². The Bertz CT molecular complexity index is 813. The molecule has 158 valence electrons. The van der Waals surface area contributed by atoms with Crippen LogP contribution < -0.4 is 0 Å². The predicted molar refractivity (Wildman–Crippen MR) is 105 cm³/mol. The largest absolute Gasteiger partial charge is 0.478 e. The molecular formula is C23H26F4O2. The maximum absolute atomic E-state index is 14.6. The summed E-state index contributed by atoms with van der Waals surface area (Å²) < 4.78 is 55.3. The van der Waals surface area contributed by atoms with Gasteiger partial charge in [-0.3, -0.25) is 0 Å². The Morgan fingerprint density at radius 3 is 2.24 bits per heavy atom. The molecule has 2 aromatic rings. The summed E-state index contributed by atoms with van der Waals surface area (Å²) in [6, 6.07) is 5.80. The Hall–Kier alpha value is -2.37. The Morgan fingerprint density at radius 2 is 1.62 bits per heavy atom. The van der Waals surface area contributed by atoms with E-state index in [1.54, 1.807) is 0 Å². The molecule has 2 nitrogen and oxygen atoms in total. The fraction of sp³-hybridized carbons (Fsp3) is 0.435. The summed E-state index contributed by atoms with van der Waals surface area (Å²) in [5.41, 5.74) is 0.196. The molecule has 2 rings (SSSR count). The number of hydrogen-bond donors (Lipinski definition) is 1. The summed E-state index contributed by atoms with van der Waals surface area (Å²) >= 11 is 0. The molecule has 0 spiro atoms. The van der Waals surface area contributed by atoms with Crippen LogP contribution in [0.3, 0.4) is 0 Å². The number of rotatable bonds is 11. The number of carbonyl (C=O) groups is 1. The average molecular weight is 410 g/mol. The van der Waals surface area contributed by atoms with Crippen molar-refractivity contribution in [3.63, 3.8) is 0 Å². The Kier molecular flexibility index (Phi) is 8.68. The van der Waals surface area contributed by atoms with Crippen LogP contribution in [0.4, 0.5) is 17.6 Å². The van der Waals surface area contributed by atoms with Crippen LogP contribution in [0.2, 0.25) is 0 Å². The third-order valence-corrected chi connectivity index (χ3v) is 5.00. The summed E-state index contributed by atoms with van der Waals surface area (Å²) in [5.74, 6) is -5.61. The van der Waals surface area contributed by atoms with Crippen LogP contribution >= 0.6 is 0 Å². The van der Waals surface area contributed by atoms with E-state index in [0.717, 1.165) is 44.2 Å². The highest BCUT2D eigenvalue weighted by Crippen LogP contribution is 2.31. The summed E-state index contributed by atoms with van der Waals surface area (Å²) in [7, 11) is 0. The average Bonchev–Trinajstić information content (AvgIpc) is 2.68. The topological polar surface area (TPSA) is 37.3 Å². The normalized spacial score (nSPS) is 12.2.